The van der Waals surface area contributed by atoms with E-state index in [1.807, 2.05) is 31.2 Å². The number of carbonyl (C=O) groups is 1. The molecule has 3 rings (SSSR count). The van der Waals surface area contributed by atoms with Gasteiger partial charge in [0.25, 0.3) is 0 Å². The van der Waals surface area contributed by atoms with E-state index in [4.69, 9.17) is 4.74 Å². The van der Waals surface area contributed by atoms with E-state index in [-0.39, 0.29) is 12.3 Å². The quantitative estimate of drug-likeness (QED) is 0.293. The SMILES string of the molecule is CCCN[C@@H](/C(C(=O)OCC)=C(/C)Nc1cccc(C(F)(F)F)c1)c1ccc(C2=C(C)C2)cc1. The Balaban J connectivity index is 2.01. The summed E-state index contributed by atoms with van der Waals surface area (Å²) in [6, 6.07) is 12.5. The molecule has 1 aliphatic rings. The molecule has 0 radical (unpaired) electrons. The van der Waals surface area contributed by atoms with Crippen LogP contribution in [0.2, 0.25) is 0 Å². The first kappa shape index (κ1) is 25.6. The van der Waals surface area contributed by atoms with Crippen molar-refractivity contribution in [2.75, 3.05) is 18.5 Å². The van der Waals surface area contributed by atoms with Crippen molar-refractivity contribution in [3.63, 3.8) is 0 Å². The van der Waals surface area contributed by atoms with Crippen molar-refractivity contribution in [2.24, 2.45) is 0 Å². The zero-order chi connectivity index (χ0) is 24.9. The Labute approximate surface area is 198 Å². The van der Waals surface area contributed by atoms with Crippen LogP contribution in [0.3, 0.4) is 0 Å². The molecule has 2 N–H and O–H groups in total. The van der Waals surface area contributed by atoms with E-state index in [0.717, 1.165) is 36.1 Å². The van der Waals surface area contributed by atoms with Crippen molar-refractivity contribution in [1.29, 1.82) is 0 Å². The van der Waals surface area contributed by atoms with E-state index >= 15 is 0 Å². The molecule has 0 unspecified atom stereocenters. The molecular weight excluding hydrogens is 441 g/mol. The Morgan fingerprint density at radius 3 is 2.35 bits per heavy atom. The second-order valence-corrected chi connectivity index (χ2v) is 8.41. The van der Waals surface area contributed by atoms with Gasteiger partial charge in [-0.2, -0.15) is 13.2 Å². The third-order valence-corrected chi connectivity index (χ3v) is 5.73. The van der Waals surface area contributed by atoms with Gasteiger partial charge in [0, 0.05) is 11.4 Å². The van der Waals surface area contributed by atoms with Gasteiger partial charge in [0.05, 0.1) is 23.8 Å². The fraction of sp³-hybridized carbons (Fsp3) is 0.370. The van der Waals surface area contributed by atoms with Crippen LogP contribution in [-0.2, 0) is 15.7 Å². The summed E-state index contributed by atoms with van der Waals surface area (Å²) < 4.78 is 44.9. The van der Waals surface area contributed by atoms with E-state index < -0.39 is 23.8 Å². The molecule has 182 valence electrons. The maximum Gasteiger partial charge on any atom is 0.416 e. The summed E-state index contributed by atoms with van der Waals surface area (Å²) in [6.07, 6.45) is -2.59. The van der Waals surface area contributed by atoms with Crippen molar-refractivity contribution in [3.8, 4) is 0 Å². The number of esters is 1. The maximum atomic E-state index is 13.2. The average molecular weight is 473 g/mol. The van der Waals surface area contributed by atoms with Crippen molar-refractivity contribution in [3.05, 3.63) is 82.1 Å². The van der Waals surface area contributed by atoms with Gasteiger partial charge in [-0.15, -0.1) is 0 Å². The lowest BCUT2D eigenvalue weighted by Gasteiger charge is -2.24. The molecule has 0 bridgehead atoms. The van der Waals surface area contributed by atoms with Crippen LogP contribution >= 0.6 is 0 Å². The molecule has 4 nitrogen and oxygen atoms in total. The standard InChI is InChI=1S/C27H31F3N2O2/c1-5-14-31-25(20-12-10-19(11-13-20)23-15-17(23)3)24(26(33)34-6-2)18(4)32-22-9-7-8-21(16-22)27(28,29)30/h7-13,16,25,31-32H,5-6,14-15H2,1-4H3/b24-18+/t25-/m1/s1. The molecule has 0 aliphatic heterocycles. The van der Waals surface area contributed by atoms with Gasteiger partial charge in [-0.1, -0.05) is 42.8 Å². The van der Waals surface area contributed by atoms with Crippen LogP contribution < -0.4 is 10.6 Å². The molecule has 2 aromatic carbocycles. The molecule has 0 spiro atoms. The van der Waals surface area contributed by atoms with Crippen molar-refractivity contribution >= 4 is 17.2 Å². The molecule has 0 saturated heterocycles. The number of anilines is 1. The van der Waals surface area contributed by atoms with Crippen LogP contribution in [0.1, 0.15) is 63.3 Å². The Morgan fingerprint density at radius 2 is 1.79 bits per heavy atom. The first-order chi connectivity index (χ1) is 16.2. The lowest BCUT2D eigenvalue weighted by Crippen LogP contribution is -2.30. The maximum absolute atomic E-state index is 13.2. The molecule has 0 heterocycles. The second kappa shape index (κ2) is 10.9. The minimum atomic E-state index is -4.46. The van der Waals surface area contributed by atoms with Crippen molar-refractivity contribution < 1.29 is 22.7 Å². The molecule has 0 aromatic heterocycles. The average Bonchev–Trinajstić information content (AvgIpc) is 3.53. The van der Waals surface area contributed by atoms with Gasteiger partial charge in [-0.3, -0.25) is 0 Å². The van der Waals surface area contributed by atoms with Gasteiger partial charge >= 0.3 is 12.1 Å². The number of carbonyl (C=O) groups excluding carboxylic acids is 1. The van der Waals surface area contributed by atoms with E-state index in [1.54, 1.807) is 13.8 Å². The summed E-state index contributed by atoms with van der Waals surface area (Å²) in [6.45, 7) is 8.37. The monoisotopic (exact) mass is 472 g/mol. The summed E-state index contributed by atoms with van der Waals surface area (Å²) in [5.74, 6) is -0.516. The predicted molar refractivity (Wildman–Crippen MR) is 129 cm³/mol. The Morgan fingerprint density at radius 1 is 1.12 bits per heavy atom. The molecule has 1 atom stereocenters. The van der Waals surface area contributed by atoms with Crippen molar-refractivity contribution in [2.45, 2.75) is 52.8 Å². The molecular formula is C27H31F3N2O2. The highest BCUT2D eigenvalue weighted by atomic mass is 19.4. The van der Waals surface area contributed by atoms with E-state index in [2.05, 4.69) is 17.6 Å². The van der Waals surface area contributed by atoms with E-state index in [1.165, 1.54) is 23.3 Å². The summed E-state index contributed by atoms with van der Waals surface area (Å²) >= 11 is 0. The van der Waals surface area contributed by atoms with Crippen LogP contribution in [0, 0.1) is 0 Å². The predicted octanol–water partition coefficient (Wildman–Crippen LogP) is 6.87. The summed E-state index contributed by atoms with van der Waals surface area (Å²) in [7, 11) is 0. The lowest BCUT2D eigenvalue weighted by atomic mass is 9.95. The Bertz CT molecular complexity index is 1090. The number of benzene rings is 2. The first-order valence-corrected chi connectivity index (χ1v) is 11.5. The number of ether oxygens (including phenoxy) is 1. The zero-order valence-corrected chi connectivity index (χ0v) is 20.0. The van der Waals surface area contributed by atoms with Gasteiger partial charge in [0.1, 0.15) is 0 Å². The Kier molecular flexibility index (Phi) is 8.20. The van der Waals surface area contributed by atoms with Gasteiger partial charge in [0.2, 0.25) is 0 Å². The molecule has 0 fully saturated rings. The van der Waals surface area contributed by atoms with Gasteiger partial charge in [0.15, 0.2) is 0 Å². The Hall–Kier alpha value is -3.06. The van der Waals surface area contributed by atoms with Crippen molar-refractivity contribution in [1.82, 2.24) is 5.32 Å². The van der Waals surface area contributed by atoms with Crippen LogP contribution in [0.5, 0.6) is 0 Å². The first-order valence-electron chi connectivity index (χ1n) is 11.5. The fourth-order valence-corrected chi connectivity index (χ4v) is 3.87. The van der Waals surface area contributed by atoms with Gasteiger partial charge in [-0.05, 0) is 75.1 Å². The highest BCUT2D eigenvalue weighted by Crippen LogP contribution is 2.40. The molecule has 34 heavy (non-hydrogen) atoms. The number of rotatable bonds is 10. The van der Waals surface area contributed by atoms with Crippen LogP contribution in [0.4, 0.5) is 18.9 Å². The van der Waals surface area contributed by atoms with E-state index in [0.29, 0.717) is 17.8 Å². The zero-order valence-electron chi connectivity index (χ0n) is 20.0. The smallest absolute Gasteiger partial charge is 0.416 e. The van der Waals surface area contributed by atoms with Gasteiger partial charge < -0.3 is 15.4 Å². The topological polar surface area (TPSA) is 50.4 Å². The summed E-state index contributed by atoms with van der Waals surface area (Å²) in [5.41, 5.74) is 5.01. The molecule has 0 saturated carbocycles. The number of allylic oxidation sites excluding steroid dienone is 3. The third-order valence-electron chi connectivity index (χ3n) is 5.73. The highest BCUT2D eigenvalue weighted by molar-refractivity contribution is 5.92. The fourth-order valence-electron chi connectivity index (χ4n) is 3.87. The second-order valence-electron chi connectivity index (χ2n) is 8.41. The van der Waals surface area contributed by atoms with E-state index in [9.17, 15) is 18.0 Å². The molecule has 1 aliphatic carbocycles. The van der Waals surface area contributed by atoms with Crippen LogP contribution in [0.25, 0.3) is 5.57 Å². The molecule has 2 aromatic rings. The minimum Gasteiger partial charge on any atom is -0.463 e. The van der Waals surface area contributed by atoms with Crippen LogP contribution in [-0.4, -0.2) is 19.1 Å². The largest absolute Gasteiger partial charge is 0.463 e. The third kappa shape index (κ3) is 6.29. The van der Waals surface area contributed by atoms with Crippen LogP contribution in [0.15, 0.2) is 65.4 Å². The number of alkyl halides is 3. The number of halogens is 3. The number of hydrogen-bond donors (Lipinski definition) is 2. The van der Waals surface area contributed by atoms with Gasteiger partial charge in [-0.25, -0.2) is 4.79 Å². The number of hydrogen-bond acceptors (Lipinski definition) is 4. The summed E-state index contributed by atoms with van der Waals surface area (Å²) in [4.78, 5) is 13.1. The minimum absolute atomic E-state index is 0.187. The molecule has 0 amide bonds. The summed E-state index contributed by atoms with van der Waals surface area (Å²) in [5, 5.41) is 6.41. The normalized spacial score (nSPS) is 15.0. The highest BCUT2D eigenvalue weighted by Gasteiger charge is 2.31. The molecule has 7 heteroatoms. The lowest BCUT2D eigenvalue weighted by molar-refractivity contribution is -0.139. The number of nitrogens with one attached hydrogen (secondary N) is 2.